The van der Waals surface area contributed by atoms with Crippen LogP contribution in [0.3, 0.4) is 0 Å². The molecular formula is C16H25BrN2. The number of anilines is 1. The van der Waals surface area contributed by atoms with Crippen molar-refractivity contribution >= 4 is 21.6 Å². The molecule has 0 aromatic heterocycles. The molecule has 0 bridgehead atoms. The summed E-state index contributed by atoms with van der Waals surface area (Å²) in [6.45, 7) is 5.44. The first-order valence-electron chi connectivity index (χ1n) is 7.19. The summed E-state index contributed by atoms with van der Waals surface area (Å²) >= 11 is 3.62. The summed E-state index contributed by atoms with van der Waals surface area (Å²) in [5, 5.41) is 3.72. The Morgan fingerprint density at radius 2 is 1.89 bits per heavy atom. The molecule has 2 nitrogen and oxygen atoms in total. The summed E-state index contributed by atoms with van der Waals surface area (Å²) in [5.74, 6) is 0. The van der Waals surface area contributed by atoms with Gasteiger partial charge in [0, 0.05) is 22.2 Å². The molecule has 3 N–H and O–H groups in total. The van der Waals surface area contributed by atoms with Gasteiger partial charge in [0.15, 0.2) is 0 Å². The van der Waals surface area contributed by atoms with Crippen molar-refractivity contribution < 1.29 is 0 Å². The van der Waals surface area contributed by atoms with Crippen LogP contribution in [0.4, 0.5) is 5.69 Å². The van der Waals surface area contributed by atoms with Gasteiger partial charge in [-0.3, -0.25) is 0 Å². The Morgan fingerprint density at radius 3 is 2.58 bits per heavy atom. The fourth-order valence-corrected chi connectivity index (χ4v) is 3.35. The van der Waals surface area contributed by atoms with E-state index in [0.717, 1.165) is 23.0 Å². The van der Waals surface area contributed by atoms with Crippen molar-refractivity contribution in [2.45, 2.75) is 51.5 Å². The smallest absolute Gasteiger partial charge is 0.0496 e. The van der Waals surface area contributed by atoms with Crippen LogP contribution in [0, 0.1) is 5.41 Å². The first-order valence-corrected chi connectivity index (χ1v) is 7.99. The number of benzene rings is 1. The van der Waals surface area contributed by atoms with E-state index in [4.69, 9.17) is 5.73 Å². The van der Waals surface area contributed by atoms with Gasteiger partial charge in [-0.15, -0.1) is 0 Å². The highest BCUT2D eigenvalue weighted by Crippen LogP contribution is 2.39. The van der Waals surface area contributed by atoms with Gasteiger partial charge < -0.3 is 11.1 Å². The molecule has 1 aromatic carbocycles. The van der Waals surface area contributed by atoms with E-state index in [1.165, 1.54) is 19.3 Å². The van der Waals surface area contributed by atoms with Gasteiger partial charge in [0.1, 0.15) is 0 Å². The Hall–Kier alpha value is -0.540. The molecule has 106 valence electrons. The van der Waals surface area contributed by atoms with E-state index in [-0.39, 0.29) is 5.54 Å². The number of hydrogen-bond donors (Lipinski definition) is 2. The number of hydrogen-bond acceptors (Lipinski definition) is 2. The van der Waals surface area contributed by atoms with E-state index in [1.807, 2.05) is 6.07 Å². The van der Waals surface area contributed by atoms with Crippen LogP contribution < -0.4 is 11.1 Å². The summed E-state index contributed by atoms with van der Waals surface area (Å²) in [6, 6.07) is 8.31. The molecule has 1 aliphatic carbocycles. The Kier molecular flexibility index (Phi) is 4.57. The van der Waals surface area contributed by atoms with Crippen LogP contribution in [0.15, 0.2) is 28.7 Å². The molecule has 1 saturated carbocycles. The van der Waals surface area contributed by atoms with Gasteiger partial charge in [-0.25, -0.2) is 0 Å². The van der Waals surface area contributed by atoms with Crippen LogP contribution in [0.2, 0.25) is 0 Å². The Morgan fingerprint density at radius 1 is 1.16 bits per heavy atom. The van der Waals surface area contributed by atoms with Gasteiger partial charge in [0.05, 0.1) is 0 Å². The first-order chi connectivity index (χ1) is 8.96. The number of nitrogens with one attached hydrogen (secondary N) is 1. The predicted octanol–water partition coefficient (Wildman–Crippen LogP) is 4.55. The zero-order chi connectivity index (χ0) is 13.9. The largest absolute Gasteiger partial charge is 0.377 e. The van der Waals surface area contributed by atoms with E-state index in [0.29, 0.717) is 12.0 Å². The lowest BCUT2D eigenvalue weighted by atomic mass is 9.83. The van der Waals surface area contributed by atoms with Crippen molar-refractivity contribution in [3.8, 4) is 0 Å². The van der Waals surface area contributed by atoms with Crippen molar-refractivity contribution in [3.63, 3.8) is 0 Å². The third-order valence-corrected chi connectivity index (χ3v) is 5.15. The number of para-hydroxylation sites is 1. The van der Waals surface area contributed by atoms with Gasteiger partial charge in [-0.2, -0.15) is 0 Å². The molecule has 0 heterocycles. The fraction of sp³-hybridized carbons (Fsp3) is 0.625. The summed E-state index contributed by atoms with van der Waals surface area (Å²) in [6.07, 6.45) is 6.10. The molecule has 0 amide bonds. The van der Waals surface area contributed by atoms with E-state index in [1.54, 1.807) is 0 Å². The minimum Gasteiger partial charge on any atom is -0.377 e. The summed E-state index contributed by atoms with van der Waals surface area (Å²) < 4.78 is 1.12. The Balaban J connectivity index is 2.17. The molecule has 0 saturated heterocycles. The summed E-state index contributed by atoms with van der Waals surface area (Å²) in [7, 11) is 0. The van der Waals surface area contributed by atoms with Crippen LogP contribution in [0.5, 0.6) is 0 Å². The van der Waals surface area contributed by atoms with Gasteiger partial charge in [-0.05, 0) is 59.2 Å². The number of halogens is 1. The third kappa shape index (κ3) is 3.73. The maximum absolute atomic E-state index is 6.12. The molecule has 3 heteroatoms. The highest BCUT2D eigenvalue weighted by atomic mass is 79.9. The molecule has 1 atom stereocenters. The second kappa shape index (κ2) is 5.84. The lowest BCUT2D eigenvalue weighted by Crippen LogP contribution is -2.45. The third-order valence-electron chi connectivity index (χ3n) is 4.45. The SMILES string of the molecule is CC1(C)CCCC(CN)(Nc2ccccc2Br)CC1. The minimum atomic E-state index is 0.0532. The molecular weight excluding hydrogens is 300 g/mol. The first kappa shape index (κ1) is 14.9. The van der Waals surface area contributed by atoms with Crippen LogP contribution in [-0.2, 0) is 0 Å². The molecule has 0 spiro atoms. The van der Waals surface area contributed by atoms with Crippen molar-refractivity contribution in [2.75, 3.05) is 11.9 Å². The standard InChI is InChI=1S/C16H25BrN2/c1-15(2)8-5-9-16(12-18,11-10-15)19-14-7-4-3-6-13(14)17/h3-4,6-7,19H,5,8-12,18H2,1-2H3. The monoisotopic (exact) mass is 324 g/mol. The molecule has 0 aliphatic heterocycles. The average Bonchev–Trinajstić information content (AvgIpc) is 2.52. The van der Waals surface area contributed by atoms with Crippen LogP contribution in [0.25, 0.3) is 0 Å². The summed E-state index contributed by atoms with van der Waals surface area (Å²) in [4.78, 5) is 0. The van der Waals surface area contributed by atoms with Crippen molar-refractivity contribution in [1.29, 1.82) is 0 Å². The maximum Gasteiger partial charge on any atom is 0.0496 e. The highest BCUT2D eigenvalue weighted by Gasteiger charge is 2.34. The van der Waals surface area contributed by atoms with Gasteiger partial charge >= 0.3 is 0 Å². The van der Waals surface area contributed by atoms with E-state index < -0.39 is 0 Å². The zero-order valence-corrected chi connectivity index (χ0v) is 13.6. The van der Waals surface area contributed by atoms with E-state index in [9.17, 15) is 0 Å². The fourth-order valence-electron chi connectivity index (χ4n) is 2.96. The normalized spacial score (nSPS) is 26.7. The second-order valence-electron chi connectivity index (χ2n) is 6.61. The number of rotatable bonds is 3. The Labute approximate surface area is 125 Å². The van der Waals surface area contributed by atoms with Crippen LogP contribution >= 0.6 is 15.9 Å². The minimum absolute atomic E-state index is 0.0532. The quantitative estimate of drug-likeness (QED) is 0.800. The summed E-state index contributed by atoms with van der Waals surface area (Å²) in [5.41, 5.74) is 7.78. The van der Waals surface area contributed by atoms with Crippen LogP contribution in [-0.4, -0.2) is 12.1 Å². The number of nitrogens with two attached hydrogens (primary N) is 1. The van der Waals surface area contributed by atoms with Crippen molar-refractivity contribution in [3.05, 3.63) is 28.7 Å². The zero-order valence-electron chi connectivity index (χ0n) is 12.0. The Bertz CT molecular complexity index is 431. The predicted molar refractivity (Wildman–Crippen MR) is 86.4 cm³/mol. The van der Waals surface area contributed by atoms with Crippen LogP contribution in [0.1, 0.15) is 46.0 Å². The average molecular weight is 325 g/mol. The maximum atomic E-state index is 6.12. The second-order valence-corrected chi connectivity index (χ2v) is 7.46. The molecule has 1 unspecified atom stereocenters. The molecule has 19 heavy (non-hydrogen) atoms. The van der Waals surface area contributed by atoms with E-state index in [2.05, 4.69) is 53.3 Å². The van der Waals surface area contributed by atoms with Crippen molar-refractivity contribution in [2.24, 2.45) is 11.1 Å². The molecule has 1 aromatic rings. The highest BCUT2D eigenvalue weighted by molar-refractivity contribution is 9.10. The van der Waals surface area contributed by atoms with Gasteiger partial charge in [-0.1, -0.05) is 32.4 Å². The van der Waals surface area contributed by atoms with Gasteiger partial charge in [0.2, 0.25) is 0 Å². The van der Waals surface area contributed by atoms with Gasteiger partial charge in [0.25, 0.3) is 0 Å². The molecule has 1 fully saturated rings. The lowest BCUT2D eigenvalue weighted by Gasteiger charge is -2.35. The van der Waals surface area contributed by atoms with E-state index >= 15 is 0 Å². The lowest BCUT2D eigenvalue weighted by molar-refractivity contribution is 0.305. The van der Waals surface area contributed by atoms with Crippen molar-refractivity contribution in [1.82, 2.24) is 0 Å². The topological polar surface area (TPSA) is 38.0 Å². The molecule has 2 rings (SSSR count). The molecule has 0 radical (unpaired) electrons. The molecule has 1 aliphatic rings.